The average Bonchev–Trinajstić information content (AvgIpc) is 2.65. The summed E-state index contributed by atoms with van der Waals surface area (Å²) in [7, 11) is 1.90. The first-order chi connectivity index (χ1) is 9.16. The minimum absolute atomic E-state index is 0.346. The lowest BCUT2D eigenvalue weighted by Crippen LogP contribution is -2.45. The molecular formula is C15H26N2O2. The summed E-state index contributed by atoms with van der Waals surface area (Å²) < 4.78 is 7.79. The van der Waals surface area contributed by atoms with Crippen LogP contribution in [-0.2, 0) is 18.2 Å². The highest BCUT2D eigenvalue weighted by molar-refractivity contribution is 5.08. The number of aryl methyl sites for hydroxylation is 1. The second-order valence-corrected chi connectivity index (χ2v) is 5.65. The maximum Gasteiger partial charge on any atom is 0.0943 e. The fourth-order valence-electron chi connectivity index (χ4n) is 3.17. The van der Waals surface area contributed by atoms with Gasteiger partial charge in [0.05, 0.1) is 17.9 Å². The highest BCUT2D eigenvalue weighted by Crippen LogP contribution is 2.34. The van der Waals surface area contributed by atoms with Crippen molar-refractivity contribution in [2.24, 2.45) is 7.05 Å². The van der Waals surface area contributed by atoms with E-state index in [-0.39, 0.29) is 5.60 Å². The maximum atomic E-state index is 10.7. The summed E-state index contributed by atoms with van der Waals surface area (Å²) >= 11 is 0. The van der Waals surface area contributed by atoms with Crippen LogP contribution in [0.25, 0.3) is 0 Å². The van der Waals surface area contributed by atoms with E-state index in [1.54, 1.807) is 4.68 Å². The minimum Gasteiger partial charge on any atom is -0.390 e. The van der Waals surface area contributed by atoms with Crippen molar-refractivity contribution in [3.63, 3.8) is 0 Å². The fraction of sp³-hybridized carbons (Fsp3) is 0.800. The third-order valence-corrected chi connectivity index (χ3v) is 4.18. The molecule has 1 aromatic heterocycles. The first-order valence-corrected chi connectivity index (χ1v) is 7.46. The van der Waals surface area contributed by atoms with Gasteiger partial charge in [0.25, 0.3) is 0 Å². The lowest BCUT2D eigenvalue weighted by molar-refractivity contribution is -0.128. The van der Waals surface area contributed by atoms with Gasteiger partial charge in [-0.1, -0.05) is 25.7 Å². The molecule has 0 amide bonds. The van der Waals surface area contributed by atoms with Gasteiger partial charge < -0.3 is 9.84 Å². The van der Waals surface area contributed by atoms with Gasteiger partial charge in [-0.05, 0) is 25.3 Å². The SMILES string of the molecule is CCOC1(C(O)Cc2cnn(C)c2)CCCCCC1. The Labute approximate surface area is 115 Å². The first-order valence-electron chi connectivity index (χ1n) is 7.46. The lowest BCUT2D eigenvalue weighted by Gasteiger charge is -2.37. The Morgan fingerprint density at radius 3 is 2.58 bits per heavy atom. The van der Waals surface area contributed by atoms with Gasteiger partial charge in [0.1, 0.15) is 0 Å². The smallest absolute Gasteiger partial charge is 0.0943 e. The van der Waals surface area contributed by atoms with Crippen molar-refractivity contribution in [3.8, 4) is 0 Å². The molecule has 1 fully saturated rings. The number of hydrogen-bond acceptors (Lipinski definition) is 3. The van der Waals surface area contributed by atoms with E-state index in [1.165, 1.54) is 12.8 Å². The zero-order chi connectivity index (χ0) is 13.7. The maximum absolute atomic E-state index is 10.7. The van der Waals surface area contributed by atoms with Crippen LogP contribution in [0.4, 0.5) is 0 Å². The van der Waals surface area contributed by atoms with Crippen molar-refractivity contribution in [1.29, 1.82) is 0 Å². The largest absolute Gasteiger partial charge is 0.390 e. The Balaban J connectivity index is 2.08. The summed E-state index contributed by atoms with van der Waals surface area (Å²) in [5.74, 6) is 0. The molecule has 0 aromatic carbocycles. The van der Waals surface area contributed by atoms with E-state index in [0.717, 1.165) is 31.2 Å². The number of aliphatic hydroxyl groups excluding tert-OH is 1. The van der Waals surface area contributed by atoms with E-state index in [2.05, 4.69) is 5.10 Å². The highest BCUT2D eigenvalue weighted by Gasteiger charge is 2.38. The molecule has 1 unspecified atom stereocenters. The van der Waals surface area contributed by atoms with E-state index < -0.39 is 6.10 Å². The molecule has 4 nitrogen and oxygen atoms in total. The summed E-state index contributed by atoms with van der Waals surface area (Å²) in [5, 5.41) is 14.8. The number of aromatic nitrogens is 2. The highest BCUT2D eigenvalue weighted by atomic mass is 16.5. The van der Waals surface area contributed by atoms with E-state index >= 15 is 0 Å². The lowest BCUT2D eigenvalue weighted by atomic mass is 9.85. The van der Waals surface area contributed by atoms with Crippen LogP contribution in [0.5, 0.6) is 0 Å². The molecule has 0 aliphatic heterocycles. The van der Waals surface area contributed by atoms with Gasteiger partial charge in [0.15, 0.2) is 0 Å². The molecule has 1 heterocycles. The zero-order valence-electron chi connectivity index (χ0n) is 12.1. The Morgan fingerprint density at radius 2 is 2.05 bits per heavy atom. The number of ether oxygens (including phenoxy) is 1. The second kappa shape index (κ2) is 6.53. The molecule has 1 aliphatic rings. The van der Waals surface area contributed by atoms with E-state index in [1.807, 2.05) is 26.4 Å². The molecule has 1 aliphatic carbocycles. The molecule has 1 N–H and O–H groups in total. The van der Waals surface area contributed by atoms with Gasteiger partial charge in [-0.3, -0.25) is 4.68 Å². The number of aliphatic hydroxyl groups is 1. The van der Waals surface area contributed by atoms with Crippen molar-refractivity contribution in [1.82, 2.24) is 9.78 Å². The van der Waals surface area contributed by atoms with Crippen LogP contribution in [0.3, 0.4) is 0 Å². The van der Waals surface area contributed by atoms with Gasteiger partial charge in [-0.25, -0.2) is 0 Å². The predicted molar refractivity (Wildman–Crippen MR) is 75.0 cm³/mol. The Kier molecular flexibility index (Phi) is 4.99. The minimum atomic E-state index is -0.435. The topological polar surface area (TPSA) is 47.3 Å². The Bertz CT molecular complexity index is 381. The summed E-state index contributed by atoms with van der Waals surface area (Å²) in [6.45, 7) is 2.69. The molecule has 1 aromatic rings. The van der Waals surface area contributed by atoms with Crippen molar-refractivity contribution >= 4 is 0 Å². The van der Waals surface area contributed by atoms with Crippen LogP contribution in [-0.4, -0.2) is 33.2 Å². The Morgan fingerprint density at radius 1 is 1.37 bits per heavy atom. The Hall–Kier alpha value is -0.870. The molecule has 108 valence electrons. The molecule has 1 atom stereocenters. The third kappa shape index (κ3) is 3.57. The molecule has 0 saturated heterocycles. The second-order valence-electron chi connectivity index (χ2n) is 5.65. The van der Waals surface area contributed by atoms with Crippen LogP contribution in [0, 0.1) is 0 Å². The van der Waals surface area contributed by atoms with Crippen LogP contribution >= 0.6 is 0 Å². The first kappa shape index (κ1) is 14.5. The normalized spacial score (nSPS) is 21.0. The molecule has 1 saturated carbocycles. The molecule has 2 rings (SSSR count). The summed E-state index contributed by atoms with van der Waals surface area (Å²) in [6, 6.07) is 0. The quantitative estimate of drug-likeness (QED) is 0.833. The van der Waals surface area contributed by atoms with E-state index in [0.29, 0.717) is 13.0 Å². The van der Waals surface area contributed by atoms with E-state index in [4.69, 9.17) is 4.74 Å². The molecule has 19 heavy (non-hydrogen) atoms. The molecule has 0 bridgehead atoms. The number of hydrogen-bond donors (Lipinski definition) is 1. The van der Waals surface area contributed by atoms with Gasteiger partial charge in [-0.15, -0.1) is 0 Å². The summed E-state index contributed by atoms with van der Waals surface area (Å²) in [4.78, 5) is 0. The average molecular weight is 266 g/mol. The van der Waals surface area contributed by atoms with Crippen molar-refractivity contribution in [2.45, 2.75) is 63.6 Å². The van der Waals surface area contributed by atoms with Crippen molar-refractivity contribution < 1.29 is 9.84 Å². The third-order valence-electron chi connectivity index (χ3n) is 4.18. The van der Waals surface area contributed by atoms with Gasteiger partial charge in [0.2, 0.25) is 0 Å². The van der Waals surface area contributed by atoms with Crippen LogP contribution in [0.2, 0.25) is 0 Å². The van der Waals surface area contributed by atoms with Crippen LogP contribution in [0.15, 0.2) is 12.4 Å². The standard InChI is InChI=1S/C15H26N2O2/c1-3-19-15(8-6-4-5-7-9-15)14(18)10-13-11-16-17(2)12-13/h11-12,14,18H,3-10H2,1-2H3. The molecular weight excluding hydrogens is 240 g/mol. The molecule has 0 spiro atoms. The van der Waals surface area contributed by atoms with Gasteiger partial charge in [0, 0.05) is 26.3 Å². The molecule has 0 radical (unpaired) electrons. The van der Waals surface area contributed by atoms with Gasteiger partial charge >= 0.3 is 0 Å². The number of nitrogens with zero attached hydrogens (tertiary/aromatic N) is 2. The molecule has 4 heteroatoms. The zero-order valence-corrected chi connectivity index (χ0v) is 12.1. The predicted octanol–water partition coefficient (Wildman–Crippen LogP) is 2.45. The monoisotopic (exact) mass is 266 g/mol. The number of rotatable bonds is 5. The summed E-state index contributed by atoms with van der Waals surface area (Å²) in [6.07, 6.45) is 10.8. The summed E-state index contributed by atoms with van der Waals surface area (Å²) in [5.41, 5.74) is 0.736. The van der Waals surface area contributed by atoms with Crippen molar-refractivity contribution in [2.75, 3.05) is 6.61 Å². The van der Waals surface area contributed by atoms with Gasteiger partial charge in [-0.2, -0.15) is 5.10 Å². The fourth-order valence-corrected chi connectivity index (χ4v) is 3.17. The van der Waals surface area contributed by atoms with Crippen LogP contribution < -0.4 is 0 Å². The van der Waals surface area contributed by atoms with Crippen LogP contribution in [0.1, 0.15) is 51.0 Å². The van der Waals surface area contributed by atoms with E-state index in [9.17, 15) is 5.11 Å². The van der Waals surface area contributed by atoms with Crippen molar-refractivity contribution in [3.05, 3.63) is 18.0 Å².